The van der Waals surface area contributed by atoms with Crippen LogP contribution in [0.4, 0.5) is 0 Å². The average molecular weight is 455 g/mol. The molecule has 0 aromatic heterocycles. The van der Waals surface area contributed by atoms with E-state index in [1.54, 1.807) is 0 Å². The highest BCUT2D eigenvalue weighted by atomic mass is 79.9. The van der Waals surface area contributed by atoms with Crippen LogP contribution in [0.1, 0.15) is 29.8 Å². The normalized spacial score (nSPS) is 11.9. The Morgan fingerprint density at radius 2 is 1.78 bits per heavy atom. The quantitative estimate of drug-likeness (QED) is 0.672. The number of rotatable bonds is 7. The van der Waals surface area contributed by atoms with Gasteiger partial charge in [-0.15, -0.1) is 0 Å². The number of halogens is 1. The van der Waals surface area contributed by atoms with Gasteiger partial charge in [0.1, 0.15) is 10.6 Å². The van der Waals surface area contributed by atoms with Gasteiger partial charge in [0.2, 0.25) is 10.0 Å². The average Bonchev–Trinajstić information content (AvgIpc) is 2.66. The molecule has 8 heteroatoms. The monoisotopic (exact) mass is 454 g/mol. The summed E-state index contributed by atoms with van der Waals surface area (Å²) in [5.41, 5.74) is 1.04. The van der Waals surface area contributed by atoms with Crippen LogP contribution in [0.5, 0.6) is 5.75 Å². The molecule has 0 bridgehead atoms. The van der Waals surface area contributed by atoms with Crippen molar-refractivity contribution in [2.75, 3.05) is 20.7 Å². The summed E-state index contributed by atoms with van der Waals surface area (Å²) in [5, 5.41) is 2.88. The van der Waals surface area contributed by atoms with Crippen LogP contribution in [0.15, 0.2) is 51.8 Å². The summed E-state index contributed by atoms with van der Waals surface area (Å²) < 4.78 is 32.6. The van der Waals surface area contributed by atoms with Gasteiger partial charge in [0.15, 0.2) is 0 Å². The van der Waals surface area contributed by atoms with Crippen LogP contribution in [-0.4, -0.2) is 35.0 Å². The molecular weight excluding hydrogens is 432 g/mol. The number of benzene rings is 2. The minimum absolute atomic E-state index is 0.0766. The van der Waals surface area contributed by atoms with Crippen molar-refractivity contribution in [3.05, 3.63) is 58.1 Å². The number of nitrogens with one attached hydrogen (secondary N) is 2. The number of carbonyl (C=O) groups excluding carboxylic acids is 1. The zero-order chi connectivity index (χ0) is 20.2. The molecular formula is C19H23BrN2O4S. The second kappa shape index (κ2) is 8.41. The fourth-order valence-electron chi connectivity index (χ4n) is 2.54. The predicted octanol–water partition coefficient (Wildman–Crippen LogP) is 3.07. The third-order valence-electron chi connectivity index (χ3n) is 4.30. The highest BCUT2D eigenvalue weighted by Gasteiger charge is 2.23. The van der Waals surface area contributed by atoms with Crippen LogP contribution < -0.4 is 14.8 Å². The van der Waals surface area contributed by atoms with Crippen LogP contribution in [0.3, 0.4) is 0 Å². The van der Waals surface area contributed by atoms with E-state index in [2.05, 4.69) is 26.0 Å². The molecule has 0 fully saturated rings. The Balaban J connectivity index is 2.21. The molecule has 0 saturated carbocycles. The number of carbonyl (C=O) groups is 1. The summed E-state index contributed by atoms with van der Waals surface area (Å²) in [6.07, 6.45) is 0. The molecule has 0 spiro atoms. The molecule has 0 aliphatic carbocycles. The molecule has 2 N–H and O–H groups in total. The number of hydrogen-bond acceptors (Lipinski definition) is 4. The summed E-state index contributed by atoms with van der Waals surface area (Å²) in [6, 6.07) is 12.2. The van der Waals surface area contributed by atoms with E-state index in [-0.39, 0.29) is 27.5 Å². The second-order valence-electron chi connectivity index (χ2n) is 6.65. The van der Waals surface area contributed by atoms with Crippen molar-refractivity contribution < 1.29 is 17.9 Å². The molecule has 146 valence electrons. The lowest BCUT2D eigenvalue weighted by Crippen LogP contribution is -2.36. The molecule has 0 saturated heterocycles. The molecule has 0 heterocycles. The summed E-state index contributed by atoms with van der Waals surface area (Å²) in [6.45, 7) is 4.45. The summed E-state index contributed by atoms with van der Waals surface area (Å²) >= 11 is 3.41. The molecule has 2 aromatic carbocycles. The van der Waals surface area contributed by atoms with E-state index < -0.39 is 10.0 Å². The molecule has 0 atom stereocenters. The minimum Gasteiger partial charge on any atom is -0.495 e. The van der Waals surface area contributed by atoms with Crippen LogP contribution in [0, 0.1) is 0 Å². The largest absolute Gasteiger partial charge is 0.495 e. The smallest absolute Gasteiger partial charge is 0.251 e. The maximum atomic E-state index is 12.6. The van der Waals surface area contributed by atoms with Gasteiger partial charge in [-0.05, 0) is 42.9 Å². The second-order valence-corrected chi connectivity index (χ2v) is 9.42. The van der Waals surface area contributed by atoms with Crippen molar-refractivity contribution in [1.82, 2.24) is 10.0 Å². The standard InChI is InChI=1S/C19H23BrN2O4S/c1-19(2,14-6-8-15(20)9-7-14)12-22-18(23)13-5-10-16(26-4)17(11-13)27(24,25)21-3/h5-11,21H,12H2,1-4H3,(H,22,23). The third-order valence-corrected chi connectivity index (χ3v) is 6.26. The van der Waals surface area contributed by atoms with Gasteiger partial charge in [0, 0.05) is 22.0 Å². The first-order valence-electron chi connectivity index (χ1n) is 8.26. The number of ether oxygens (including phenoxy) is 1. The van der Waals surface area contributed by atoms with Crippen LogP contribution in [0.2, 0.25) is 0 Å². The Hall–Kier alpha value is -1.90. The van der Waals surface area contributed by atoms with Crippen molar-refractivity contribution >= 4 is 31.9 Å². The topological polar surface area (TPSA) is 84.5 Å². The van der Waals surface area contributed by atoms with Gasteiger partial charge in [-0.3, -0.25) is 4.79 Å². The van der Waals surface area contributed by atoms with Gasteiger partial charge >= 0.3 is 0 Å². The van der Waals surface area contributed by atoms with Crippen molar-refractivity contribution in [3.8, 4) is 5.75 Å². The van der Waals surface area contributed by atoms with Gasteiger partial charge in [-0.2, -0.15) is 0 Å². The van der Waals surface area contributed by atoms with E-state index in [1.807, 2.05) is 38.1 Å². The lowest BCUT2D eigenvalue weighted by molar-refractivity contribution is 0.0945. The first kappa shape index (κ1) is 21.4. The van der Waals surface area contributed by atoms with Crippen LogP contribution >= 0.6 is 15.9 Å². The van der Waals surface area contributed by atoms with E-state index in [0.717, 1.165) is 10.0 Å². The Kier molecular flexibility index (Phi) is 6.67. The van der Waals surface area contributed by atoms with Gasteiger partial charge in [0.25, 0.3) is 5.91 Å². The zero-order valence-corrected chi connectivity index (χ0v) is 18.1. The molecule has 6 nitrogen and oxygen atoms in total. The molecule has 1 amide bonds. The third kappa shape index (κ3) is 5.09. The number of sulfonamides is 1. The molecule has 2 aromatic rings. The van der Waals surface area contributed by atoms with E-state index in [1.165, 1.54) is 32.4 Å². The van der Waals surface area contributed by atoms with Crippen LogP contribution in [-0.2, 0) is 15.4 Å². The summed E-state index contributed by atoms with van der Waals surface area (Å²) in [4.78, 5) is 12.5. The van der Waals surface area contributed by atoms with Gasteiger partial charge < -0.3 is 10.1 Å². The number of methoxy groups -OCH3 is 1. The first-order valence-corrected chi connectivity index (χ1v) is 10.5. The van der Waals surface area contributed by atoms with E-state index in [4.69, 9.17) is 4.74 Å². The van der Waals surface area contributed by atoms with E-state index in [0.29, 0.717) is 6.54 Å². The lowest BCUT2D eigenvalue weighted by atomic mass is 9.84. The van der Waals surface area contributed by atoms with Gasteiger partial charge in [-0.1, -0.05) is 41.9 Å². The highest BCUT2D eigenvalue weighted by Crippen LogP contribution is 2.26. The Labute approximate surface area is 168 Å². The molecule has 0 unspecified atom stereocenters. The minimum atomic E-state index is -3.75. The van der Waals surface area contributed by atoms with Crippen molar-refractivity contribution in [2.45, 2.75) is 24.2 Å². The SMILES string of the molecule is CNS(=O)(=O)c1cc(C(=O)NCC(C)(C)c2ccc(Br)cc2)ccc1OC. The molecule has 27 heavy (non-hydrogen) atoms. The van der Waals surface area contributed by atoms with Crippen molar-refractivity contribution in [3.63, 3.8) is 0 Å². The Morgan fingerprint density at radius 3 is 2.33 bits per heavy atom. The molecule has 2 rings (SSSR count). The Bertz CT molecular complexity index is 925. The first-order chi connectivity index (χ1) is 12.6. The lowest BCUT2D eigenvalue weighted by Gasteiger charge is -2.26. The maximum absolute atomic E-state index is 12.6. The summed E-state index contributed by atoms with van der Waals surface area (Å²) in [7, 11) is -1.06. The van der Waals surface area contributed by atoms with E-state index in [9.17, 15) is 13.2 Å². The van der Waals surface area contributed by atoms with Gasteiger partial charge in [0.05, 0.1) is 7.11 Å². The summed E-state index contributed by atoms with van der Waals surface area (Å²) in [5.74, 6) is -0.175. The maximum Gasteiger partial charge on any atom is 0.251 e. The number of hydrogen-bond donors (Lipinski definition) is 2. The molecule has 0 aliphatic rings. The molecule has 0 radical (unpaired) electrons. The molecule has 0 aliphatic heterocycles. The van der Waals surface area contributed by atoms with E-state index >= 15 is 0 Å². The van der Waals surface area contributed by atoms with Gasteiger partial charge in [-0.25, -0.2) is 13.1 Å². The number of amides is 1. The fourth-order valence-corrected chi connectivity index (χ4v) is 3.73. The predicted molar refractivity (Wildman–Crippen MR) is 109 cm³/mol. The highest BCUT2D eigenvalue weighted by molar-refractivity contribution is 9.10. The zero-order valence-electron chi connectivity index (χ0n) is 15.7. The Morgan fingerprint density at radius 1 is 1.15 bits per heavy atom. The van der Waals surface area contributed by atoms with Crippen LogP contribution in [0.25, 0.3) is 0 Å². The van der Waals surface area contributed by atoms with Crippen molar-refractivity contribution in [2.24, 2.45) is 0 Å². The van der Waals surface area contributed by atoms with Crippen molar-refractivity contribution in [1.29, 1.82) is 0 Å². The fraction of sp³-hybridized carbons (Fsp3) is 0.316.